The van der Waals surface area contributed by atoms with Crippen molar-refractivity contribution in [1.29, 1.82) is 0 Å². The fourth-order valence-electron chi connectivity index (χ4n) is 3.17. The zero-order chi connectivity index (χ0) is 17.3. The molecule has 3 heterocycles. The number of imidazole rings is 1. The Kier molecular flexibility index (Phi) is 4.03. The monoisotopic (exact) mass is 340 g/mol. The van der Waals surface area contributed by atoms with Gasteiger partial charge in [-0.1, -0.05) is 0 Å². The summed E-state index contributed by atoms with van der Waals surface area (Å²) in [5.74, 6) is 1.28. The summed E-state index contributed by atoms with van der Waals surface area (Å²) in [6, 6.07) is 9.24. The minimum Gasteiger partial charge on any atom is -0.461 e. The van der Waals surface area contributed by atoms with Gasteiger partial charge in [0.1, 0.15) is 0 Å². The zero-order valence-corrected chi connectivity index (χ0v) is 13.7. The second-order valence-corrected chi connectivity index (χ2v) is 6.35. The number of nitrogens with one attached hydrogen (secondary N) is 2. The van der Waals surface area contributed by atoms with Crippen LogP contribution < -0.4 is 11.1 Å². The average Bonchev–Trinajstić information content (AvgIpc) is 3.31. The minimum absolute atomic E-state index is 0.0524. The second kappa shape index (κ2) is 6.34. The van der Waals surface area contributed by atoms with Crippen molar-refractivity contribution < 1.29 is 13.9 Å². The predicted molar refractivity (Wildman–Crippen MR) is 94.0 cm³/mol. The standard InChI is InChI=1S/C18H20N4O3/c19-11-18(5-8-24-9-6-18)17(23)20-12-3-4-13-14(10-12)22-16(21-13)15-2-1-7-25-15/h1-4,7,10H,5-6,8-9,11,19H2,(H,20,23)(H,21,22). The summed E-state index contributed by atoms with van der Waals surface area (Å²) >= 11 is 0. The molecular formula is C18H20N4O3. The number of amides is 1. The fourth-order valence-corrected chi connectivity index (χ4v) is 3.17. The summed E-state index contributed by atoms with van der Waals surface area (Å²) in [6.45, 7) is 1.45. The first-order valence-electron chi connectivity index (χ1n) is 8.33. The molecule has 0 radical (unpaired) electrons. The maximum Gasteiger partial charge on any atom is 0.232 e. The third-order valence-corrected chi connectivity index (χ3v) is 4.82. The first-order chi connectivity index (χ1) is 12.2. The SMILES string of the molecule is NCC1(C(=O)Nc2ccc3nc(-c4ccco4)[nH]c3c2)CCOCC1. The Balaban J connectivity index is 1.58. The molecular weight excluding hydrogens is 320 g/mol. The van der Waals surface area contributed by atoms with E-state index in [2.05, 4.69) is 15.3 Å². The van der Waals surface area contributed by atoms with Crippen LogP contribution in [0.1, 0.15) is 12.8 Å². The molecule has 0 unspecified atom stereocenters. The van der Waals surface area contributed by atoms with Crippen LogP contribution in [-0.4, -0.2) is 35.6 Å². The number of benzene rings is 1. The topological polar surface area (TPSA) is 106 Å². The molecule has 0 saturated carbocycles. The van der Waals surface area contributed by atoms with Gasteiger partial charge in [0.15, 0.2) is 11.6 Å². The number of nitrogens with zero attached hydrogens (tertiary/aromatic N) is 1. The number of ether oxygens (including phenoxy) is 1. The van der Waals surface area contributed by atoms with Gasteiger partial charge in [-0.3, -0.25) is 4.79 Å². The molecule has 2 aromatic heterocycles. The molecule has 1 aromatic carbocycles. The lowest BCUT2D eigenvalue weighted by Crippen LogP contribution is -2.46. The van der Waals surface area contributed by atoms with Gasteiger partial charge >= 0.3 is 0 Å². The van der Waals surface area contributed by atoms with E-state index >= 15 is 0 Å². The summed E-state index contributed by atoms with van der Waals surface area (Å²) in [5, 5.41) is 2.99. The summed E-state index contributed by atoms with van der Waals surface area (Å²) in [4.78, 5) is 20.5. The molecule has 1 fully saturated rings. The molecule has 0 aliphatic carbocycles. The number of fused-ring (bicyclic) bond motifs is 1. The highest BCUT2D eigenvalue weighted by atomic mass is 16.5. The summed E-state index contributed by atoms with van der Waals surface area (Å²) in [6.07, 6.45) is 2.89. The number of nitrogens with two attached hydrogens (primary N) is 1. The van der Waals surface area contributed by atoms with Gasteiger partial charge in [-0.2, -0.15) is 0 Å². The molecule has 0 atom stereocenters. The molecule has 7 nitrogen and oxygen atoms in total. The highest BCUT2D eigenvalue weighted by molar-refractivity contribution is 5.97. The third-order valence-electron chi connectivity index (χ3n) is 4.82. The number of carbonyl (C=O) groups is 1. The van der Waals surface area contributed by atoms with E-state index in [0.29, 0.717) is 49.9 Å². The molecule has 0 bridgehead atoms. The zero-order valence-electron chi connectivity index (χ0n) is 13.7. The van der Waals surface area contributed by atoms with Crippen LogP contribution in [0.5, 0.6) is 0 Å². The molecule has 25 heavy (non-hydrogen) atoms. The van der Waals surface area contributed by atoms with E-state index in [9.17, 15) is 4.79 Å². The average molecular weight is 340 g/mol. The molecule has 130 valence electrons. The van der Waals surface area contributed by atoms with Gasteiger partial charge in [0.05, 0.1) is 22.7 Å². The third kappa shape index (κ3) is 2.92. The lowest BCUT2D eigenvalue weighted by molar-refractivity contribution is -0.130. The molecule has 0 spiro atoms. The van der Waals surface area contributed by atoms with Crippen LogP contribution in [0, 0.1) is 5.41 Å². The van der Waals surface area contributed by atoms with Gasteiger partial charge in [0.2, 0.25) is 5.91 Å². The van der Waals surface area contributed by atoms with Gasteiger partial charge in [-0.15, -0.1) is 0 Å². The van der Waals surface area contributed by atoms with Gasteiger partial charge in [0.25, 0.3) is 0 Å². The van der Waals surface area contributed by atoms with Gasteiger partial charge in [0, 0.05) is 25.4 Å². The van der Waals surface area contributed by atoms with Crippen LogP contribution in [0.4, 0.5) is 5.69 Å². The first-order valence-corrected chi connectivity index (χ1v) is 8.33. The van der Waals surface area contributed by atoms with E-state index < -0.39 is 5.41 Å². The largest absolute Gasteiger partial charge is 0.461 e. The summed E-state index contributed by atoms with van der Waals surface area (Å²) < 4.78 is 10.7. The number of hydrogen-bond donors (Lipinski definition) is 3. The Bertz CT molecular complexity index is 879. The number of H-pyrrole nitrogens is 1. The van der Waals surface area contributed by atoms with Crippen molar-refractivity contribution in [1.82, 2.24) is 9.97 Å². The van der Waals surface area contributed by atoms with Crippen molar-refractivity contribution in [2.45, 2.75) is 12.8 Å². The summed E-state index contributed by atoms with van der Waals surface area (Å²) in [5.41, 5.74) is 7.70. The van der Waals surface area contributed by atoms with Crippen LogP contribution in [0.25, 0.3) is 22.6 Å². The number of carbonyl (C=O) groups excluding carboxylic acids is 1. The highest BCUT2D eigenvalue weighted by Gasteiger charge is 2.38. The Morgan fingerprint density at radius 3 is 2.88 bits per heavy atom. The molecule has 3 aromatic rings. The number of aromatic nitrogens is 2. The smallest absolute Gasteiger partial charge is 0.232 e. The molecule has 4 N–H and O–H groups in total. The molecule has 1 saturated heterocycles. The van der Waals surface area contributed by atoms with Gasteiger partial charge < -0.3 is 25.2 Å². The first kappa shape index (κ1) is 15.9. The van der Waals surface area contributed by atoms with Crippen molar-refractivity contribution >= 4 is 22.6 Å². The van der Waals surface area contributed by atoms with E-state index in [1.54, 1.807) is 6.26 Å². The Labute approximate surface area is 144 Å². The predicted octanol–water partition coefficient (Wildman–Crippen LogP) is 2.52. The van der Waals surface area contributed by atoms with E-state index in [-0.39, 0.29) is 5.91 Å². The quantitative estimate of drug-likeness (QED) is 0.676. The van der Waals surface area contributed by atoms with Crippen molar-refractivity contribution in [3.8, 4) is 11.6 Å². The van der Waals surface area contributed by atoms with E-state index in [1.807, 2.05) is 30.3 Å². The van der Waals surface area contributed by atoms with Crippen LogP contribution in [0.15, 0.2) is 41.0 Å². The number of furan rings is 1. The van der Waals surface area contributed by atoms with Crippen LogP contribution in [0.3, 0.4) is 0 Å². The molecule has 1 aliphatic heterocycles. The molecule has 1 amide bonds. The second-order valence-electron chi connectivity index (χ2n) is 6.35. The molecule has 4 rings (SSSR count). The highest BCUT2D eigenvalue weighted by Crippen LogP contribution is 2.31. The molecule has 1 aliphatic rings. The lowest BCUT2D eigenvalue weighted by atomic mass is 9.79. The van der Waals surface area contributed by atoms with Gasteiger partial charge in [-0.25, -0.2) is 4.98 Å². The van der Waals surface area contributed by atoms with E-state index in [1.165, 1.54) is 0 Å². The van der Waals surface area contributed by atoms with E-state index in [0.717, 1.165) is 11.0 Å². The van der Waals surface area contributed by atoms with Crippen LogP contribution >= 0.6 is 0 Å². The number of anilines is 1. The van der Waals surface area contributed by atoms with E-state index in [4.69, 9.17) is 14.9 Å². The lowest BCUT2D eigenvalue weighted by Gasteiger charge is -2.34. The maximum absolute atomic E-state index is 12.8. The number of hydrogen-bond acceptors (Lipinski definition) is 5. The Morgan fingerprint density at radius 2 is 2.16 bits per heavy atom. The maximum atomic E-state index is 12.8. The number of rotatable bonds is 4. The fraction of sp³-hybridized carbons (Fsp3) is 0.333. The van der Waals surface area contributed by atoms with Gasteiger partial charge in [-0.05, 0) is 43.2 Å². The Hall–Kier alpha value is -2.64. The normalized spacial score (nSPS) is 16.8. The minimum atomic E-state index is -0.555. The number of aromatic amines is 1. The van der Waals surface area contributed by atoms with Crippen molar-refractivity contribution in [2.75, 3.05) is 25.1 Å². The van der Waals surface area contributed by atoms with Crippen molar-refractivity contribution in [2.24, 2.45) is 11.1 Å². The summed E-state index contributed by atoms with van der Waals surface area (Å²) in [7, 11) is 0. The van der Waals surface area contributed by atoms with Crippen LogP contribution in [-0.2, 0) is 9.53 Å². The van der Waals surface area contributed by atoms with Crippen molar-refractivity contribution in [3.63, 3.8) is 0 Å². The molecule has 7 heteroatoms. The van der Waals surface area contributed by atoms with Crippen molar-refractivity contribution in [3.05, 3.63) is 36.6 Å². The van der Waals surface area contributed by atoms with Crippen LogP contribution in [0.2, 0.25) is 0 Å². The Morgan fingerprint density at radius 1 is 1.32 bits per heavy atom.